The predicted octanol–water partition coefficient (Wildman–Crippen LogP) is 6.40. The van der Waals surface area contributed by atoms with E-state index in [2.05, 4.69) is 36.5 Å². The predicted molar refractivity (Wildman–Crippen MR) is 98.5 cm³/mol. The molecule has 0 aliphatic rings. The van der Waals surface area contributed by atoms with Crippen LogP contribution in [0.3, 0.4) is 0 Å². The summed E-state index contributed by atoms with van der Waals surface area (Å²) in [4.78, 5) is 0. The van der Waals surface area contributed by atoms with E-state index >= 15 is 0 Å². The Labute approximate surface area is 134 Å². The minimum atomic E-state index is 0.699. The molecule has 0 saturated carbocycles. The van der Waals surface area contributed by atoms with E-state index in [0.29, 0.717) is 5.70 Å². The maximum atomic E-state index is 4.33. The van der Waals surface area contributed by atoms with Gasteiger partial charge in [0.25, 0.3) is 0 Å². The van der Waals surface area contributed by atoms with Crippen LogP contribution in [0.15, 0.2) is 120 Å². The van der Waals surface area contributed by atoms with Gasteiger partial charge in [-0.3, -0.25) is 0 Å². The van der Waals surface area contributed by atoms with Crippen LogP contribution in [0.4, 0.5) is 0 Å². The molecule has 0 aromatic heterocycles. The maximum Gasteiger partial charge on any atom is 0.0931 e. The van der Waals surface area contributed by atoms with E-state index in [0.717, 1.165) is 16.8 Å². The van der Waals surface area contributed by atoms with Crippen molar-refractivity contribution in [1.82, 2.24) is 0 Å². The lowest BCUT2D eigenvalue weighted by Gasteiger charge is -2.05. The lowest BCUT2D eigenvalue weighted by molar-refractivity contribution is 1.10. The maximum absolute atomic E-state index is 4.33. The van der Waals surface area contributed by atoms with Gasteiger partial charge >= 0.3 is 0 Å². The third-order valence-corrected chi connectivity index (χ3v) is 2.58. The quantitative estimate of drug-likeness (QED) is 0.347. The van der Waals surface area contributed by atoms with Crippen molar-refractivity contribution < 1.29 is 0 Å². The van der Waals surface area contributed by atoms with Crippen LogP contribution in [0.1, 0.15) is 13.8 Å². The molecule has 0 unspecified atom stereocenters. The molecular weight excluding hydrogens is 268 g/mol. The van der Waals surface area contributed by atoms with E-state index in [1.807, 2.05) is 38.2 Å². The number of hydrogen-bond donors (Lipinski definition) is 0. The Kier molecular flexibility index (Phi) is 10.5. The molecule has 0 fully saturated rings. The third kappa shape index (κ3) is 7.15. The van der Waals surface area contributed by atoms with Crippen LogP contribution in [-0.2, 0) is 0 Å². The highest BCUT2D eigenvalue weighted by molar-refractivity contribution is 5.47. The van der Waals surface area contributed by atoms with Gasteiger partial charge in [0.05, 0.1) is 11.4 Å². The molecule has 2 heteroatoms. The van der Waals surface area contributed by atoms with E-state index in [1.165, 1.54) is 0 Å². The van der Waals surface area contributed by atoms with Gasteiger partial charge in [-0.2, -0.15) is 5.11 Å². The average molecular weight is 292 g/mol. The van der Waals surface area contributed by atoms with Crippen molar-refractivity contribution in [3.8, 4) is 0 Å². The molecule has 0 aromatic carbocycles. The molecule has 0 heterocycles. The Bertz CT molecular complexity index is 591. The van der Waals surface area contributed by atoms with Crippen molar-refractivity contribution in [2.24, 2.45) is 10.2 Å². The molecule has 0 aliphatic carbocycles. The summed E-state index contributed by atoms with van der Waals surface area (Å²) in [6.07, 6.45) is 18.0. The zero-order valence-electron chi connectivity index (χ0n) is 13.5. The van der Waals surface area contributed by atoms with Gasteiger partial charge in [0.15, 0.2) is 0 Å². The van der Waals surface area contributed by atoms with Crippen LogP contribution in [0.25, 0.3) is 0 Å². The monoisotopic (exact) mass is 292 g/mol. The Balaban J connectivity index is 5.86. The number of hydrogen-bond acceptors (Lipinski definition) is 2. The first-order valence-corrected chi connectivity index (χ1v) is 6.97. The molecule has 0 aliphatic heterocycles. The van der Waals surface area contributed by atoms with Crippen LogP contribution < -0.4 is 0 Å². The fraction of sp³-hybridized carbons (Fsp3) is 0.100. The van der Waals surface area contributed by atoms with E-state index < -0.39 is 0 Å². The highest BCUT2D eigenvalue weighted by Gasteiger charge is 2.03. The second-order valence-electron chi connectivity index (χ2n) is 4.21. The number of allylic oxidation sites excluding steroid dienone is 11. The Hall–Kier alpha value is -2.74. The van der Waals surface area contributed by atoms with Crippen molar-refractivity contribution in [2.45, 2.75) is 13.8 Å². The van der Waals surface area contributed by atoms with Gasteiger partial charge in [0.1, 0.15) is 0 Å². The molecule has 0 N–H and O–H groups in total. The van der Waals surface area contributed by atoms with Crippen LogP contribution in [-0.4, -0.2) is 0 Å². The van der Waals surface area contributed by atoms with Crippen LogP contribution in [0.5, 0.6) is 0 Å². The third-order valence-electron chi connectivity index (χ3n) is 2.58. The first-order valence-electron chi connectivity index (χ1n) is 6.97. The van der Waals surface area contributed by atoms with Gasteiger partial charge in [-0.05, 0) is 37.6 Å². The number of azo groups is 1. The summed E-state index contributed by atoms with van der Waals surface area (Å²) in [5.74, 6) is 0. The lowest BCUT2D eigenvalue weighted by Crippen LogP contribution is -1.88. The van der Waals surface area contributed by atoms with Gasteiger partial charge in [-0.1, -0.05) is 68.8 Å². The van der Waals surface area contributed by atoms with Crippen molar-refractivity contribution in [3.05, 3.63) is 110 Å². The lowest BCUT2D eigenvalue weighted by atomic mass is 10.1. The Morgan fingerprint density at radius 3 is 2.05 bits per heavy atom. The Morgan fingerprint density at radius 1 is 0.864 bits per heavy atom. The smallest absolute Gasteiger partial charge is 0.0931 e. The van der Waals surface area contributed by atoms with E-state index in [4.69, 9.17) is 0 Å². The summed E-state index contributed by atoms with van der Waals surface area (Å²) in [5.41, 5.74) is 3.32. The molecule has 0 amide bonds. The second kappa shape index (κ2) is 12.0. The molecule has 0 bridgehead atoms. The number of nitrogens with zero attached hydrogens (tertiary/aromatic N) is 2. The van der Waals surface area contributed by atoms with Crippen LogP contribution in [0, 0.1) is 0 Å². The molecule has 0 aromatic rings. The molecule has 22 heavy (non-hydrogen) atoms. The summed E-state index contributed by atoms with van der Waals surface area (Å²) in [6.45, 7) is 18.8. The normalized spacial score (nSPS) is 14.5. The topological polar surface area (TPSA) is 24.7 Å². The van der Waals surface area contributed by atoms with Gasteiger partial charge in [-0.25, -0.2) is 0 Å². The molecule has 114 valence electrons. The largest absolute Gasteiger partial charge is 0.151 e. The SMILES string of the molecule is C=C\C=C/C(=C(\C)C=C)/C(=C\C=C)N=NC(/C=C\C)=C/C=C. The van der Waals surface area contributed by atoms with Crippen LogP contribution in [0.2, 0.25) is 0 Å². The first kappa shape index (κ1) is 19.3. The molecule has 0 atom stereocenters. The highest BCUT2D eigenvalue weighted by atomic mass is 15.1. The summed E-state index contributed by atoms with van der Waals surface area (Å²) in [5, 5.41) is 8.58. The fourth-order valence-corrected chi connectivity index (χ4v) is 1.51. The van der Waals surface area contributed by atoms with E-state index in [1.54, 1.807) is 36.5 Å². The molecule has 0 spiro atoms. The Morgan fingerprint density at radius 2 is 1.55 bits per heavy atom. The minimum Gasteiger partial charge on any atom is -0.151 e. The zero-order valence-corrected chi connectivity index (χ0v) is 13.5. The molecule has 2 nitrogen and oxygen atoms in total. The molecular formula is C20H24N2. The van der Waals surface area contributed by atoms with Crippen molar-refractivity contribution >= 4 is 0 Å². The summed E-state index contributed by atoms with van der Waals surface area (Å²) >= 11 is 0. The first-order chi connectivity index (χ1) is 10.6. The molecule has 0 saturated heterocycles. The fourth-order valence-electron chi connectivity index (χ4n) is 1.51. The van der Waals surface area contributed by atoms with Gasteiger partial charge < -0.3 is 0 Å². The summed E-state index contributed by atoms with van der Waals surface area (Å²) in [6, 6.07) is 0. The number of rotatable bonds is 9. The average Bonchev–Trinajstić information content (AvgIpc) is 2.52. The van der Waals surface area contributed by atoms with Crippen LogP contribution >= 0.6 is 0 Å². The van der Waals surface area contributed by atoms with Gasteiger partial charge in [0.2, 0.25) is 0 Å². The van der Waals surface area contributed by atoms with Crippen molar-refractivity contribution in [2.75, 3.05) is 0 Å². The summed E-state index contributed by atoms with van der Waals surface area (Å²) < 4.78 is 0. The standard InChI is InChI=1S/C20H24N2/c1-7-12-16-19(17(6)11-5)20(15-10-4)22-21-18(13-8-2)14-9-3/h7-16H,1-2,4-5H2,3,6H3/b14-9-,16-12-,18-13+,19-17-,20-15+,22-21?. The second-order valence-corrected chi connectivity index (χ2v) is 4.21. The summed E-state index contributed by atoms with van der Waals surface area (Å²) in [7, 11) is 0. The van der Waals surface area contributed by atoms with Crippen molar-refractivity contribution in [3.63, 3.8) is 0 Å². The minimum absolute atomic E-state index is 0.699. The molecule has 0 radical (unpaired) electrons. The van der Waals surface area contributed by atoms with E-state index in [9.17, 15) is 0 Å². The van der Waals surface area contributed by atoms with Crippen molar-refractivity contribution in [1.29, 1.82) is 0 Å². The highest BCUT2D eigenvalue weighted by Crippen LogP contribution is 2.20. The van der Waals surface area contributed by atoms with Gasteiger partial charge in [-0.15, -0.1) is 5.11 Å². The molecule has 0 rings (SSSR count). The van der Waals surface area contributed by atoms with E-state index in [-0.39, 0.29) is 0 Å². The van der Waals surface area contributed by atoms with Gasteiger partial charge in [0, 0.05) is 5.57 Å². The zero-order chi connectivity index (χ0) is 16.8.